The number of fused-ring (bicyclic) bond motifs is 1. The number of methoxy groups -OCH3 is 3. The highest BCUT2D eigenvalue weighted by Crippen LogP contribution is 2.44. The van der Waals surface area contributed by atoms with Crippen LogP contribution in [0.25, 0.3) is 10.9 Å². The molecular formula is C20H27N5O8. The highest BCUT2D eigenvalue weighted by molar-refractivity contribution is 5.97. The molecule has 0 saturated carbocycles. The Labute approximate surface area is 189 Å². The summed E-state index contributed by atoms with van der Waals surface area (Å²) < 4.78 is 21.2. The number of nitrogen functional groups attached to an aromatic ring is 1. The zero-order valence-corrected chi connectivity index (χ0v) is 18.8. The summed E-state index contributed by atoms with van der Waals surface area (Å²) in [7, 11) is 4.48. The smallest absolute Gasteiger partial charge is 0.409 e. The van der Waals surface area contributed by atoms with Crippen molar-refractivity contribution < 1.29 is 38.7 Å². The van der Waals surface area contributed by atoms with Crippen LogP contribution >= 0.6 is 0 Å². The van der Waals surface area contributed by atoms with E-state index >= 15 is 0 Å². The molecule has 1 amide bonds. The van der Waals surface area contributed by atoms with Crippen molar-refractivity contribution in [3.63, 3.8) is 0 Å². The zero-order valence-electron chi connectivity index (χ0n) is 18.8. The van der Waals surface area contributed by atoms with E-state index in [2.05, 4.69) is 9.97 Å². The molecule has 2 heterocycles. The quantitative estimate of drug-likeness (QED) is 0.513. The number of carboxylic acid groups (broad SMARTS) is 1. The average molecular weight is 465 g/mol. The van der Waals surface area contributed by atoms with Gasteiger partial charge in [-0.2, -0.15) is 4.98 Å². The van der Waals surface area contributed by atoms with Crippen LogP contribution in [-0.2, 0) is 9.53 Å². The fraction of sp³-hybridized carbons (Fsp3) is 0.500. The van der Waals surface area contributed by atoms with Crippen LogP contribution in [0.5, 0.6) is 17.2 Å². The molecule has 1 aliphatic heterocycles. The van der Waals surface area contributed by atoms with Gasteiger partial charge in [-0.15, -0.1) is 0 Å². The van der Waals surface area contributed by atoms with Gasteiger partial charge in [0.25, 0.3) is 0 Å². The van der Waals surface area contributed by atoms with Gasteiger partial charge in [-0.25, -0.2) is 14.6 Å². The summed E-state index contributed by atoms with van der Waals surface area (Å²) in [6.45, 7) is 1.71. The number of piperazine rings is 1. The molecule has 4 N–H and O–H groups in total. The van der Waals surface area contributed by atoms with Crippen molar-refractivity contribution in [1.29, 1.82) is 0 Å². The third kappa shape index (κ3) is 4.72. The Hall–Kier alpha value is -3.74. The number of ether oxygens (including phenoxy) is 4. The molecule has 1 aromatic carbocycles. The third-order valence-electron chi connectivity index (χ3n) is 5.27. The normalized spacial score (nSPS) is 15.7. The first-order valence-electron chi connectivity index (χ1n) is 10.0. The number of carbonyl (C=O) groups is 2. The SMILES string of the molecule is COc1cc2c(N)nc(N3CCN(C(=O)OCC(C)(O)C(=O)O)CC3)nc2c(OC)c1OC. The molecule has 0 aliphatic carbocycles. The molecule has 180 valence electrons. The van der Waals surface area contributed by atoms with Crippen LogP contribution < -0.4 is 24.8 Å². The lowest BCUT2D eigenvalue weighted by atomic mass is 10.1. The molecule has 1 fully saturated rings. The zero-order chi connectivity index (χ0) is 24.3. The van der Waals surface area contributed by atoms with E-state index in [0.29, 0.717) is 47.2 Å². The maximum Gasteiger partial charge on any atom is 0.409 e. The lowest BCUT2D eigenvalue weighted by molar-refractivity contribution is -0.160. The third-order valence-corrected chi connectivity index (χ3v) is 5.27. The molecule has 3 rings (SSSR count). The number of nitrogens with zero attached hydrogens (tertiary/aromatic N) is 4. The van der Waals surface area contributed by atoms with Crippen LogP contribution in [0.3, 0.4) is 0 Å². The lowest BCUT2D eigenvalue weighted by Gasteiger charge is -2.34. The number of rotatable bonds is 7. The number of benzene rings is 1. The Morgan fingerprint density at radius 2 is 1.73 bits per heavy atom. The monoisotopic (exact) mass is 465 g/mol. The maximum absolute atomic E-state index is 12.2. The highest BCUT2D eigenvalue weighted by Gasteiger charge is 2.33. The van der Waals surface area contributed by atoms with E-state index in [0.717, 1.165) is 6.92 Å². The summed E-state index contributed by atoms with van der Waals surface area (Å²) in [5.74, 6) is 0.269. The van der Waals surface area contributed by atoms with Crippen molar-refractivity contribution in [2.24, 2.45) is 0 Å². The Balaban J connectivity index is 1.77. The van der Waals surface area contributed by atoms with Gasteiger partial charge in [-0.05, 0) is 13.0 Å². The first-order chi connectivity index (χ1) is 15.6. The number of aliphatic carboxylic acids is 1. The standard InChI is InChI=1S/C20H27N5O8/c1-20(29,17(26)27)10-33-19(28)25-7-5-24(6-8-25)18-22-13-11(16(21)23-18)9-12(30-2)14(31-3)15(13)32-4/h9,29H,5-8,10H2,1-4H3,(H,26,27)(H2,21,22,23). The van der Waals surface area contributed by atoms with Crippen molar-refractivity contribution in [3.05, 3.63) is 6.07 Å². The van der Waals surface area contributed by atoms with Gasteiger partial charge in [0.05, 0.1) is 26.7 Å². The Bertz CT molecular complexity index is 1050. The minimum atomic E-state index is -2.16. The predicted octanol–water partition coefficient (Wildman–Crippen LogP) is 0.332. The molecular weight excluding hydrogens is 438 g/mol. The summed E-state index contributed by atoms with van der Waals surface area (Å²) in [6.07, 6.45) is -0.714. The van der Waals surface area contributed by atoms with E-state index in [-0.39, 0.29) is 18.9 Å². The second kappa shape index (κ2) is 9.40. The second-order valence-electron chi connectivity index (χ2n) is 7.56. The Morgan fingerprint density at radius 3 is 2.27 bits per heavy atom. The molecule has 13 heteroatoms. The topological polar surface area (TPSA) is 170 Å². The molecule has 1 aromatic heterocycles. The molecule has 1 aliphatic rings. The van der Waals surface area contributed by atoms with Gasteiger partial charge in [-0.1, -0.05) is 0 Å². The summed E-state index contributed by atoms with van der Waals surface area (Å²) in [6, 6.07) is 1.68. The van der Waals surface area contributed by atoms with Crippen molar-refractivity contribution >= 4 is 34.7 Å². The average Bonchev–Trinajstić information content (AvgIpc) is 2.81. The molecule has 1 unspecified atom stereocenters. The van der Waals surface area contributed by atoms with Crippen LogP contribution in [0.15, 0.2) is 6.07 Å². The molecule has 2 aromatic rings. The number of hydrogen-bond acceptors (Lipinski definition) is 11. The second-order valence-corrected chi connectivity index (χ2v) is 7.56. The number of carbonyl (C=O) groups excluding carboxylic acids is 1. The molecule has 1 atom stereocenters. The Morgan fingerprint density at radius 1 is 1.09 bits per heavy atom. The van der Waals surface area contributed by atoms with Crippen LogP contribution in [-0.4, -0.2) is 96.9 Å². The van der Waals surface area contributed by atoms with Gasteiger partial charge in [0.2, 0.25) is 11.7 Å². The van der Waals surface area contributed by atoms with Gasteiger partial charge in [-0.3, -0.25) is 0 Å². The van der Waals surface area contributed by atoms with Gasteiger partial charge in [0.1, 0.15) is 17.9 Å². The van der Waals surface area contributed by atoms with Crippen molar-refractivity contribution in [2.45, 2.75) is 12.5 Å². The van der Waals surface area contributed by atoms with Crippen LogP contribution in [0, 0.1) is 0 Å². The predicted molar refractivity (Wildman–Crippen MR) is 117 cm³/mol. The largest absolute Gasteiger partial charge is 0.493 e. The first-order valence-corrected chi connectivity index (χ1v) is 10.0. The fourth-order valence-electron chi connectivity index (χ4n) is 3.33. The number of amides is 1. The summed E-state index contributed by atoms with van der Waals surface area (Å²) in [5.41, 5.74) is 4.49. The van der Waals surface area contributed by atoms with E-state index in [4.69, 9.17) is 29.8 Å². The molecule has 1 saturated heterocycles. The Kier molecular flexibility index (Phi) is 6.81. The maximum atomic E-state index is 12.2. The highest BCUT2D eigenvalue weighted by atomic mass is 16.6. The number of nitrogens with two attached hydrogens (primary N) is 1. The van der Waals surface area contributed by atoms with Gasteiger partial charge in [0, 0.05) is 26.2 Å². The van der Waals surface area contributed by atoms with Crippen molar-refractivity contribution in [2.75, 3.05) is 64.7 Å². The van der Waals surface area contributed by atoms with E-state index in [1.165, 1.54) is 26.2 Å². The number of aliphatic hydroxyl groups is 1. The van der Waals surface area contributed by atoms with Gasteiger partial charge >= 0.3 is 12.1 Å². The molecule has 0 bridgehead atoms. The summed E-state index contributed by atoms with van der Waals surface area (Å²) in [5, 5.41) is 19.2. The molecule has 13 nitrogen and oxygen atoms in total. The minimum Gasteiger partial charge on any atom is -0.493 e. The number of anilines is 2. The minimum absolute atomic E-state index is 0.229. The van der Waals surface area contributed by atoms with Crippen LogP contribution in [0.1, 0.15) is 6.92 Å². The number of carboxylic acids is 1. The van der Waals surface area contributed by atoms with E-state index in [1.54, 1.807) is 6.07 Å². The molecule has 0 spiro atoms. The summed E-state index contributed by atoms with van der Waals surface area (Å²) >= 11 is 0. The summed E-state index contributed by atoms with van der Waals surface area (Å²) in [4.78, 5) is 35.5. The first kappa shape index (κ1) is 23.9. The lowest BCUT2D eigenvalue weighted by Crippen LogP contribution is -2.50. The van der Waals surface area contributed by atoms with Crippen molar-refractivity contribution in [3.8, 4) is 17.2 Å². The molecule has 0 radical (unpaired) electrons. The number of hydrogen-bond donors (Lipinski definition) is 3. The van der Waals surface area contributed by atoms with Crippen LogP contribution in [0.4, 0.5) is 16.6 Å². The van der Waals surface area contributed by atoms with E-state index in [9.17, 15) is 14.7 Å². The van der Waals surface area contributed by atoms with E-state index < -0.39 is 24.3 Å². The van der Waals surface area contributed by atoms with Crippen LogP contribution in [0.2, 0.25) is 0 Å². The fourth-order valence-corrected chi connectivity index (χ4v) is 3.33. The van der Waals surface area contributed by atoms with E-state index in [1.807, 2.05) is 4.90 Å². The van der Waals surface area contributed by atoms with Crippen molar-refractivity contribution in [1.82, 2.24) is 14.9 Å². The number of aromatic nitrogens is 2. The van der Waals surface area contributed by atoms with Gasteiger partial charge in [0.15, 0.2) is 17.1 Å². The molecule has 33 heavy (non-hydrogen) atoms. The van der Waals surface area contributed by atoms with Gasteiger partial charge < -0.3 is 44.7 Å².